The van der Waals surface area contributed by atoms with Crippen LogP contribution in [0, 0.1) is 0 Å². The Morgan fingerprint density at radius 3 is 1.95 bits per heavy atom. The number of carbonyl (C=O) groups excluding carboxylic acids is 1. The molecule has 11 heteroatoms. The third-order valence-electron chi connectivity index (χ3n) is 7.61. The van der Waals surface area contributed by atoms with Gasteiger partial charge in [0.05, 0.1) is 19.8 Å². The summed E-state index contributed by atoms with van der Waals surface area (Å²) in [7, 11) is 0. The van der Waals surface area contributed by atoms with Crippen LogP contribution in [0.25, 0.3) is 0 Å². The van der Waals surface area contributed by atoms with Gasteiger partial charge in [-0.25, -0.2) is 4.79 Å². The van der Waals surface area contributed by atoms with Crippen molar-refractivity contribution in [2.24, 2.45) is 0 Å². The van der Waals surface area contributed by atoms with Crippen molar-refractivity contribution < 1.29 is 53.3 Å². The molecule has 0 spiro atoms. The second-order valence-electron chi connectivity index (χ2n) is 11.8. The molecule has 3 aliphatic rings. The van der Waals surface area contributed by atoms with E-state index in [1.54, 1.807) is 13.8 Å². The second kappa shape index (κ2) is 12.7. The topological polar surface area (TPSA) is 142 Å². The molecular formula is C31H40O11. The van der Waals surface area contributed by atoms with E-state index in [2.05, 4.69) is 0 Å². The minimum Gasteiger partial charge on any atom is -0.455 e. The zero-order valence-corrected chi connectivity index (χ0v) is 24.2. The number of aliphatic hydroxyl groups is 3. The Morgan fingerprint density at radius 2 is 1.43 bits per heavy atom. The molecule has 0 bridgehead atoms. The fraction of sp³-hybridized carbons (Fsp3) is 0.581. The Balaban J connectivity index is 1.50. The highest BCUT2D eigenvalue weighted by Crippen LogP contribution is 2.40. The average Bonchev–Trinajstić information content (AvgIpc) is 3.58. The zero-order valence-electron chi connectivity index (χ0n) is 24.2. The van der Waals surface area contributed by atoms with Gasteiger partial charge in [0.25, 0.3) is 0 Å². The lowest BCUT2D eigenvalue weighted by atomic mass is 9.92. The molecule has 3 fully saturated rings. The van der Waals surface area contributed by atoms with Crippen LogP contribution in [0.4, 0.5) is 0 Å². The van der Waals surface area contributed by atoms with Crippen molar-refractivity contribution in [3.05, 3.63) is 71.8 Å². The molecule has 230 valence electrons. The molecule has 2 aromatic rings. The van der Waals surface area contributed by atoms with Gasteiger partial charge in [-0.05, 0) is 38.8 Å². The lowest BCUT2D eigenvalue weighted by Crippen LogP contribution is -2.57. The molecule has 0 saturated carbocycles. The summed E-state index contributed by atoms with van der Waals surface area (Å²) in [6.45, 7) is 7.58. The van der Waals surface area contributed by atoms with Crippen molar-refractivity contribution >= 4 is 5.97 Å². The van der Waals surface area contributed by atoms with Gasteiger partial charge in [-0.1, -0.05) is 60.7 Å². The Bertz CT molecular complexity index is 1170. The van der Waals surface area contributed by atoms with Crippen molar-refractivity contribution in [3.63, 3.8) is 0 Å². The molecule has 42 heavy (non-hydrogen) atoms. The van der Waals surface area contributed by atoms with Crippen LogP contribution in [-0.2, 0) is 51.2 Å². The number of hydrogen-bond donors (Lipinski definition) is 3. The van der Waals surface area contributed by atoms with E-state index in [1.165, 1.54) is 0 Å². The Morgan fingerprint density at radius 1 is 0.833 bits per heavy atom. The van der Waals surface area contributed by atoms with Crippen molar-refractivity contribution in [1.29, 1.82) is 0 Å². The van der Waals surface area contributed by atoms with E-state index in [0.29, 0.717) is 0 Å². The number of carbonyl (C=O) groups is 1. The number of hydrogen-bond acceptors (Lipinski definition) is 11. The van der Waals surface area contributed by atoms with Gasteiger partial charge >= 0.3 is 5.97 Å². The fourth-order valence-corrected chi connectivity index (χ4v) is 5.59. The van der Waals surface area contributed by atoms with Crippen molar-refractivity contribution in [2.45, 2.75) is 107 Å². The normalized spacial score (nSPS) is 32.4. The average molecular weight is 589 g/mol. The summed E-state index contributed by atoms with van der Waals surface area (Å²) >= 11 is 0. The molecule has 11 nitrogen and oxygen atoms in total. The molecule has 9 atom stereocenters. The van der Waals surface area contributed by atoms with Crippen LogP contribution in [0.5, 0.6) is 0 Å². The van der Waals surface area contributed by atoms with E-state index < -0.39 is 72.5 Å². The van der Waals surface area contributed by atoms with E-state index >= 15 is 0 Å². The molecule has 0 aromatic heterocycles. The number of esters is 1. The molecule has 0 unspecified atom stereocenters. The van der Waals surface area contributed by atoms with Crippen molar-refractivity contribution in [1.82, 2.24) is 0 Å². The van der Waals surface area contributed by atoms with Crippen LogP contribution in [0.1, 0.15) is 38.8 Å². The number of aliphatic hydroxyl groups excluding tert-OH is 3. The number of benzene rings is 2. The molecular weight excluding hydrogens is 548 g/mol. The van der Waals surface area contributed by atoms with Crippen LogP contribution in [0.15, 0.2) is 60.7 Å². The SMILES string of the molecule is CC1(C)O[C@H]([C@H](OCc2ccccc2)[C@@H](OCc2ccccc2)[C@@H](O)[C@@H]2OC(=O)[C@H](O)[C@H]2O)[C@@H]([C@H]2COC(C)(C)O2)O1. The highest BCUT2D eigenvalue weighted by molar-refractivity contribution is 5.77. The van der Waals surface area contributed by atoms with Crippen LogP contribution in [-0.4, -0.2) is 94.4 Å². The quantitative estimate of drug-likeness (QED) is 0.331. The van der Waals surface area contributed by atoms with Crippen LogP contribution >= 0.6 is 0 Å². The van der Waals surface area contributed by atoms with Crippen LogP contribution in [0.2, 0.25) is 0 Å². The second-order valence-corrected chi connectivity index (χ2v) is 11.8. The number of cyclic esters (lactones) is 1. The van der Waals surface area contributed by atoms with Gasteiger partial charge in [-0.3, -0.25) is 0 Å². The number of ether oxygens (including phenoxy) is 7. The van der Waals surface area contributed by atoms with Gasteiger partial charge in [0.15, 0.2) is 23.8 Å². The van der Waals surface area contributed by atoms with Gasteiger partial charge in [-0.2, -0.15) is 0 Å². The van der Waals surface area contributed by atoms with Gasteiger partial charge < -0.3 is 48.5 Å². The number of rotatable bonds is 11. The van der Waals surface area contributed by atoms with Gasteiger partial charge in [0.1, 0.15) is 42.7 Å². The maximum absolute atomic E-state index is 12.1. The Labute approximate surface area is 245 Å². The minimum absolute atomic E-state index is 0.0603. The predicted molar refractivity (Wildman–Crippen MR) is 147 cm³/mol. The summed E-state index contributed by atoms with van der Waals surface area (Å²) < 4.78 is 42.8. The van der Waals surface area contributed by atoms with Crippen molar-refractivity contribution in [2.75, 3.05) is 6.61 Å². The summed E-state index contributed by atoms with van der Waals surface area (Å²) in [5, 5.41) is 32.4. The van der Waals surface area contributed by atoms with E-state index in [4.69, 9.17) is 33.2 Å². The van der Waals surface area contributed by atoms with Gasteiger partial charge in [0.2, 0.25) is 0 Å². The highest BCUT2D eigenvalue weighted by Gasteiger charge is 2.57. The molecule has 3 aliphatic heterocycles. The van der Waals surface area contributed by atoms with Gasteiger partial charge in [-0.15, -0.1) is 0 Å². The van der Waals surface area contributed by atoms with E-state index in [0.717, 1.165) is 11.1 Å². The molecule has 3 N–H and O–H groups in total. The summed E-state index contributed by atoms with van der Waals surface area (Å²) in [5.41, 5.74) is 1.67. The molecule has 5 rings (SSSR count). The van der Waals surface area contributed by atoms with E-state index in [-0.39, 0.29) is 19.8 Å². The first-order valence-corrected chi connectivity index (χ1v) is 14.2. The standard InChI is InChI=1S/C31H40O11/c1-30(2)38-17-20(40-30)24-28(42-31(3,4)41-24)27(37-16-19-13-9-6-10-14-19)26(36-15-18-11-7-5-8-12-18)23(34)25-21(32)22(33)29(35)39-25/h5-14,20-28,32-34H,15-17H2,1-4H3/t20-,21-,22-,23+,24-,25-,26+,27-,28+/m1/s1. The van der Waals surface area contributed by atoms with E-state index in [9.17, 15) is 20.1 Å². The highest BCUT2D eigenvalue weighted by atomic mass is 16.8. The lowest BCUT2D eigenvalue weighted by Gasteiger charge is -2.38. The van der Waals surface area contributed by atoms with Crippen molar-refractivity contribution in [3.8, 4) is 0 Å². The molecule has 0 aliphatic carbocycles. The van der Waals surface area contributed by atoms with Crippen LogP contribution < -0.4 is 0 Å². The van der Waals surface area contributed by atoms with E-state index in [1.807, 2.05) is 74.5 Å². The first kappa shape index (κ1) is 31.0. The first-order chi connectivity index (χ1) is 19.9. The third-order valence-corrected chi connectivity index (χ3v) is 7.61. The van der Waals surface area contributed by atoms with Gasteiger partial charge in [0, 0.05) is 0 Å². The summed E-state index contributed by atoms with van der Waals surface area (Å²) in [6, 6.07) is 18.8. The Hall–Kier alpha value is -2.45. The summed E-state index contributed by atoms with van der Waals surface area (Å²) in [4.78, 5) is 12.1. The predicted octanol–water partition coefficient (Wildman–Crippen LogP) is 1.84. The first-order valence-electron chi connectivity index (χ1n) is 14.2. The smallest absolute Gasteiger partial charge is 0.338 e. The summed E-state index contributed by atoms with van der Waals surface area (Å²) in [6.07, 6.45) is -10.9. The van der Waals surface area contributed by atoms with Crippen LogP contribution in [0.3, 0.4) is 0 Å². The zero-order chi connectivity index (χ0) is 30.1. The maximum Gasteiger partial charge on any atom is 0.338 e. The Kier molecular flexibility index (Phi) is 9.33. The lowest BCUT2D eigenvalue weighted by molar-refractivity contribution is -0.210. The molecule has 2 aromatic carbocycles. The molecule has 3 saturated heterocycles. The summed E-state index contributed by atoms with van der Waals surface area (Å²) in [5.74, 6) is -2.93. The molecule has 0 radical (unpaired) electrons. The largest absolute Gasteiger partial charge is 0.455 e. The fourth-order valence-electron chi connectivity index (χ4n) is 5.59. The third kappa shape index (κ3) is 7.02. The molecule has 3 heterocycles. The molecule has 0 amide bonds. The maximum atomic E-state index is 12.1. The monoisotopic (exact) mass is 588 g/mol. The minimum atomic E-state index is -1.80.